The van der Waals surface area contributed by atoms with Crippen molar-refractivity contribution in [3.8, 4) is 0 Å². The molecule has 0 nitrogen and oxygen atoms in total. The van der Waals surface area contributed by atoms with Crippen LogP contribution in [0.3, 0.4) is 0 Å². The molecule has 20 heavy (non-hydrogen) atoms. The highest BCUT2D eigenvalue weighted by Crippen LogP contribution is 2.45. The third-order valence-electron chi connectivity index (χ3n) is 4.69. The molecule has 0 heterocycles. The second kappa shape index (κ2) is 6.58. The summed E-state index contributed by atoms with van der Waals surface area (Å²) in [5, 5.41) is 1.60. The van der Waals surface area contributed by atoms with E-state index in [4.69, 9.17) is 23.2 Å². The van der Waals surface area contributed by atoms with Gasteiger partial charge in [-0.3, -0.25) is 0 Å². The average Bonchev–Trinajstić information content (AvgIpc) is 2.33. The zero-order valence-corrected chi connectivity index (χ0v) is 15.5. The van der Waals surface area contributed by atoms with Gasteiger partial charge in [0.05, 0.1) is 0 Å². The van der Waals surface area contributed by atoms with Gasteiger partial charge in [0, 0.05) is 14.9 Å². The Balaban J connectivity index is 2.16. The van der Waals surface area contributed by atoms with Gasteiger partial charge in [-0.05, 0) is 60.3 Å². The maximum absolute atomic E-state index is 6.33. The monoisotopic (exact) mass is 376 g/mol. The first kappa shape index (κ1) is 16.6. The van der Waals surface area contributed by atoms with Crippen LogP contribution in [0.5, 0.6) is 0 Å². The van der Waals surface area contributed by atoms with Crippen LogP contribution in [0.15, 0.2) is 18.2 Å². The molecular weight excluding hydrogens is 355 g/mol. The van der Waals surface area contributed by atoms with E-state index in [9.17, 15) is 0 Å². The number of hydrogen-bond acceptors (Lipinski definition) is 0. The molecule has 112 valence electrons. The number of benzene rings is 1. The lowest BCUT2D eigenvalue weighted by atomic mass is 9.66. The van der Waals surface area contributed by atoms with Gasteiger partial charge in [0.2, 0.25) is 0 Å². The highest BCUT2D eigenvalue weighted by molar-refractivity contribution is 9.09. The second-order valence-corrected chi connectivity index (χ2v) is 8.96. The Morgan fingerprint density at radius 1 is 1.25 bits per heavy atom. The summed E-state index contributed by atoms with van der Waals surface area (Å²) >= 11 is 16.4. The predicted molar refractivity (Wildman–Crippen MR) is 93.2 cm³/mol. The lowest BCUT2D eigenvalue weighted by molar-refractivity contribution is 0.147. The van der Waals surface area contributed by atoms with Crippen molar-refractivity contribution in [3.05, 3.63) is 33.8 Å². The van der Waals surface area contributed by atoms with Crippen molar-refractivity contribution in [2.45, 2.75) is 51.3 Å². The van der Waals surface area contributed by atoms with Crippen LogP contribution in [-0.4, -0.2) is 4.83 Å². The van der Waals surface area contributed by atoms with Gasteiger partial charge in [-0.2, -0.15) is 0 Å². The molecule has 0 aliphatic heterocycles. The van der Waals surface area contributed by atoms with E-state index in [0.29, 0.717) is 10.7 Å². The number of rotatable bonds is 3. The summed E-state index contributed by atoms with van der Waals surface area (Å²) in [5.41, 5.74) is 1.39. The molecule has 1 saturated carbocycles. The molecule has 0 saturated heterocycles. The van der Waals surface area contributed by atoms with Crippen molar-refractivity contribution < 1.29 is 0 Å². The number of alkyl halides is 1. The number of hydrogen-bond donors (Lipinski definition) is 0. The molecule has 1 aliphatic rings. The van der Waals surface area contributed by atoms with Crippen LogP contribution in [0, 0.1) is 17.3 Å². The quantitative estimate of drug-likeness (QED) is 0.510. The van der Waals surface area contributed by atoms with E-state index in [1.54, 1.807) is 0 Å². The van der Waals surface area contributed by atoms with Gasteiger partial charge < -0.3 is 0 Å². The molecular formula is C17H23BrCl2. The zero-order chi connectivity index (χ0) is 14.9. The van der Waals surface area contributed by atoms with Gasteiger partial charge in [-0.25, -0.2) is 0 Å². The molecule has 0 amide bonds. The van der Waals surface area contributed by atoms with Gasteiger partial charge in [-0.1, -0.05) is 66.3 Å². The maximum Gasteiger partial charge on any atom is 0.0439 e. The molecule has 3 heteroatoms. The molecule has 1 aliphatic carbocycles. The maximum atomic E-state index is 6.33. The Hall–Kier alpha value is 0.280. The fraction of sp³-hybridized carbons (Fsp3) is 0.647. The van der Waals surface area contributed by atoms with Crippen LogP contribution in [0.2, 0.25) is 10.0 Å². The Labute approximate surface area is 141 Å². The molecule has 2 rings (SSSR count). The van der Waals surface area contributed by atoms with Crippen LogP contribution in [-0.2, 0) is 6.42 Å². The first-order chi connectivity index (χ1) is 9.29. The summed E-state index contributed by atoms with van der Waals surface area (Å²) in [7, 11) is 0. The third-order valence-corrected chi connectivity index (χ3v) is 6.31. The van der Waals surface area contributed by atoms with Crippen molar-refractivity contribution >= 4 is 39.1 Å². The van der Waals surface area contributed by atoms with Gasteiger partial charge in [0.15, 0.2) is 0 Å². The molecule has 3 atom stereocenters. The first-order valence-corrected chi connectivity index (χ1v) is 9.05. The summed E-state index contributed by atoms with van der Waals surface area (Å²) in [5.74, 6) is 1.52. The van der Waals surface area contributed by atoms with Gasteiger partial charge in [0.25, 0.3) is 0 Å². The Morgan fingerprint density at radius 2 is 1.95 bits per heavy atom. The Kier molecular flexibility index (Phi) is 5.48. The summed E-state index contributed by atoms with van der Waals surface area (Å²) in [4.78, 5) is 0.610. The molecule has 3 unspecified atom stereocenters. The van der Waals surface area contributed by atoms with Crippen molar-refractivity contribution in [2.75, 3.05) is 0 Å². The van der Waals surface area contributed by atoms with E-state index in [1.807, 2.05) is 18.2 Å². The van der Waals surface area contributed by atoms with E-state index < -0.39 is 0 Å². The standard InChI is InChI=1S/C17H23BrCl2/c1-11-4-6-14(15(18)8-11)17(2,3)10-12-9-13(19)5-7-16(12)20/h5,7,9,11,14-15H,4,6,8,10H2,1-3H3. The van der Waals surface area contributed by atoms with Crippen LogP contribution < -0.4 is 0 Å². The average molecular weight is 378 g/mol. The third kappa shape index (κ3) is 3.93. The highest BCUT2D eigenvalue weighted by Gasteiger charge is 2.38. The van der Waals surface area contributed by atoms with Crippen LogP contribution in [0.4, 0.5) is 0 Å². The van der Waals surface area contributed by atoms with Crippen molar-refractivity contribution in [3.63, 3.8) is 0 Å². The van der Waals surface area contributed by atoms with E-state index in [1.165, 1.54) is 24.8 Å². The minimum Gasteiger partial charge on any atom is -0.0887 e. The van der Waals surface area contributed by atoms with Gasteiger partial charge >= 0.3 is 0 Å². The van der Waals surface area contributed by atoms with E-state index in [2.05, 4.69) is 36.7 Å². The molecule has 1 aromatic carbocycles. The Bertz CT molecular complexity index is 470. The van der Waals surface area contributed by atoms with Crippen molar-refractivity contribution in [1.82, 2.24) is 0 Å². The smallest absolute Gasteiger partial charge is 0.0439 e. The van der Waals surface area contributed by atoms with E-state index in [0.717, 1.165) is 22.4 Å². The molecule has 1 aromatic rings. The minimum atomic E-state index is 0.225. The zero-order valence-electron chi connectivity index (χ0n) is 12.4. The summed E-state index contributed by atoms with van der Waals surface area (Å²) in [6.07, 6.45) is 4.88. The lowest BCUT2D eigenvalue weighted by Crippen LogP contribution is -2.37. The highest BCUT2D eigenvalue weighted by atomic mass is 79.9. The fourth-order valence-corrected chi connectivity index (χ4v) is 5.49. The van der Waals surface area contributed by atoms with Crippen LogP contribution >= 0.6 is 39.1 Å². The lowest BCUT2D eigenvalue weighted by Gasteiger charge is -2.42. The fourth-order valence-electron chi connectivity index (χ4n) is 3.49. The molecule has 1 fully saturated rings. The van der Waals surface area contributed by atoms with E-state index >= 15 is 0 Å². The summed E-state index contributed by atoms with van der Waals surface area (Å²) < 4.78 is 0. The number of halogens is 3. The van der Waals surface area contributed by atoms with Crippen molar-refractivity contribution in [2.24, 2.45) is 17.3 Å². The van der Waals surface area contributed by atoms with Crippen molar-refractivity contribution in [1.29, 1.82) is 0 Å². The van der Waals surface area contributed by atoms with Gasteiger partial charge in [-0.15, -0.1) is 0 Å². The SMILES string of the molecule is CC1CCC(C(C)(C)Cc2cc(Cl)ccc2Cl)C(Br)C1. The summed E-state index contributed by atoms with van der Waals surface area (Å²) in [6, 6.07) is 5.78. The minimum absolute atomic E-state index is 0.225. The molecule has 0 N–H and O–H groups in total. The second-order valence-electron chi connectivity index (χ2n) is 6.94. The molecule has 0 bridgehead atoms. The van der Waals surface area contributed by atoms with Gasteiger partial charge in [0.1, 0.15) is 0 Å². The largest absolute Gasteiger partial charge is 0.0887 e. The summed E-state index contributed by atoms with van der Waals surface area (Å²) in [6.45, 7) is 7.07. The van der Waals surface area contributed by atoms with Crippen LogP contribution in [0.25, 0.3) is 0 Å². The Morgan fingerprint density at radius 3 is 2.60 bits per heavy atom. The topological polar surface area (TPSA) is 0 Å². The molecule has 0 spiro atoms. The van der Waals surface area contributed by atoms with Crippen LogP contribution in [0.1, 0.15) is 45.6 Å². The molecule has 0 aromatic heterocycles. The first-order valence-electron chi connectivity index (χ1n) is 7.37. The molecule has 0 radical (unpaired) electrons. The van der Waals surface area contributed by atoms with E-state index in [-0.39, 0.29) is 5.41 Å². The predicted octanol–water partition coefficient (Wildman–Crippen LogP) is 6.76. The normalized spacial score (nSPS) is 27.6.